The molecule has 0 unspecified atom stereocenters. The predicted octanol–water partition coefficient (Wildman–Crippen LogP) is 1.84. The van der Waals surface area contributed by atoms with Crippen LogP contribution in [0.25, 0.3) is 0 Å². The van der Waals surface area contributed by atoms with Crippen molar-refractivity contribution in [2.45, 2.75) is 26.2 Å². The molecule has 0 saturated carbocycles. The summed E-state index contributed by atoms with van der Waals surface area (Å²) >= 11 is 0. The molecule has 1 aromatic rings. The van der Waals surface area contributed by atoms with E-state index in [-0.39, 0.29) is 5.41 Å². The van der Waals surface area contributed by atoms with E-state index >= 15 is 0 Å². The van der Waals surface area contributed by atoms with Crippen LogP contribution in [0.2, 0.25) is 0 Å². The minimum absolute atomic E-state index is 0.116. The van der Waals surface area contributed by atoms with Gasteiger partial charge in [-0.05, 0) is 0 Å². The fourth-order valence-corrected chi connectivity index (χ4v) is 0.670. The number of hydrogen-bond acceptors (Lipinski definition) is 3. The van der Waals surface area contributed by atoms with Crippen molar-refractivity contribution in [1.29, 1.82) is 5.26 Å². The molecule has 0 aliphatic rings. The standard InChI is InChI=1S/C8H10N2O/c1-8(2,3)7-10-6(4-9)5-11-7/h5H,1-3H3. The molecule has 58 valence electrons. The molecule has 0 aromatic carbocycles. The van der Waals surface area contributed by atoms with Crippen LogP contribution in [-0.4, -0.2) is 4.98 Å². The van der Waals surface area contributed by atoms with Crippen LogP contribution in [0, 0.1) is 11.3 Å². The van der Waals surface area contributed by atoms with Gasteiger partial charge in [-0.2, -0.15) is 5.26 Å². The third kappa shape index (κ3) is 1.58. The molecular weight excluding hydrogens is 140 g/mol. The van der Waals surface area contributed by atoms with Gasteiger partial charge in [0.25, 0.3) is 0 Å². The summed E-state index contributed by atoms with van der Waals surface area (Å²) in [5.74, 6) is 0.606. The van der Waals surface area contributed by atoms with Crippen LogP contribution in [0.15, 0.2) is 10.7 Å². The second-order valence-electron chi connectivity index (χ2n) is 3.40. The third-order valence-corrected chi connectivity index (χ3v) is 1.26. The van der Waals surface area contributed by atoms with Crippen LogP contribution in [0.1, 0.15) is 32.4 Å². The van der Waals surface area contributed by atoms with Gasteiger partial charge in [0.2, 0.25) is 5.89 Å². The van der Waals surface area contributed by atoms with Crippen molar-refractivity contribution in [2.24, 2.45) is 0 Å². The molecule has 0 atom stereocenters. The van der Waals surface area contributed by atoms with E-state index in [0.29, 0.717) is 11.6 Å². The van der Waals surface area contributed by atoms with Crippen LogP contribution < -0.4 is 0 Å². The van der Waals surface area contributed by atoms with Crippen LogP contribution in [-0.2, 0) is 5.41 Å². The van der Waals surface area contributed by atoms with Crippen molar-refractivity contribution in [2.75, 3.05) is 0 Å². The SMILES string of the molecule is CC(C)(C)c1nc(C#N)co1. The second kappa shape index (κ2) is 2.39. The molecule has 0 bridgehead atoms. The summed E-state index contributed by atoms with van der Waals surface area (Å²) in [6, 6.07) is 1.91. The van der Waals surface area contributed by atoms with Crippen molar-refractivity contribution >= 4 is 0 Å². The Morgan fingerprint density at radius 1 is 1.55 bits per heavy atom. The fraction of sp³-hybridized carbons (Fsp3) is 0.500. The summed E-state index contributed by atoms with van der Waals surface area (Å²) in [5.41, 5.74) is 0.227. The Bertz CT molecular complexity index is 288. The van der Waals surface area contributed by atoms with Crippen LogP contribution in [0.3, 0.4) is 0 Å². The lowest BCUT2D eigenvalue weighted by atomic mass is 9.97. The van der Waals surface area contributed by atoms with E-state index in [0.717, 1.165) is 0 Å². The van der Waals surface area contributed by atoms with E-state index in [1.807, 2.05) is 26.8 Å². The van der Waals surface area contributed by atoms with Gasteiger partial charge in [-0.3, -0.25) is 0 Å². The lowest BCUT2D eigenvalue weighted by Gasteiger charge is -2.11. The maximum absolute atomic E-state index is 8.44. The molecule has 0 fully saturated rings. The monoisotopic (exact) mass is 150 g/mol. The van der Waals surface area contributed by atoms with Gasteiger partial charge in [0, 0.05) is 5.41 Å². The summed E-state index contributed by atoms with van der Waals surface area (Å²) in [4.78, 5) is 3.97. The Labute approximate surface area is 65.7 Å². The van der Waals surface area contributed by atoms with Crippen LogP contribution >= 0.6 is 0 Å². The molecule has 1 rings (SSSR count). The van der Waals surface area contributed by atoms with Crippen molar-refractivity contribution in [1.82, 2.24) is 4.98 Å². The minimum Gasteiger partial charge on any atom is -0.447 e. The normalized spacial score (nSPS) is 11.1. The van der Waals surface area contributed by atoms with E-state index in [1.165, 1.54) is 6.26 Å². The number of hydrogen-bond donors (Lipinski definition) is 0. The van der Waals surface area contributed by atoms with E-state index in [4.69, 9.17) is 9.68 Å². The lowest BCUT2D eigenvalue weighted by molar-refractivity contribution is 0.392. The second-order valence-corrected chi connectivity index (χ2v) is 3.40. The zero-order valence-corrected chi connectivity index (χ0v) is 6.88. The highest BCUT2D eigenvalue weighted by Gasteiger charge is 2.19. The molecule has 0 radical (unpaired) electrons. The quantitative estimate of drug-likeness (QED) is 0.567. The minimum atomic E-state index is -0.116. The summed E-state index contributed by atoms with van der Waals surface area (Å²) in [6.07, 6.45) is 1.38. The molecule has 3 heteroatoms. The first-order valence-electron chi connectivity index (χ1n) is 3.40. The third-order valence-electron chi connectivity index (χ3n) is 1.26. The van der Waals surface area contributed by atoms with Gasteiger partial charge in [0.15, 0.2) is 5.69 Å². The Kier molecular flexibility index (Phi) is 1.69. The maximum atomic E-state index is 8.44. The van der Waals surface area contributed by atoms with Gasteiger partial charge in [-0.15, -0.1) is 0 Å². The van der Waals surface area contributed by atoms with Crippen LogP contribution in [0.5, 0.6) is 0 Å². The first-order chi connectivity index (χ1) is 5.04. The van der Waals surface area contributed by atoms with E-state index in [2.05, 4.69) is 4.98 Å². The highest BCUT2D eigenvalue weighted by atomic mass is 16.3. The summed E-state index contributed by atoms with van der Waals surface area (Å²) in [7, 11) is 0. The number of rotatable bonds is 0. The Hall–Kier alpha value is -1.30. The summed E-state index contributed by atoms with van der Waals surface area (Å²) < 4.78 is 5.09. The van der Waals surface area contributed by atoms with Crippen molar-refractivity contribution in [3.8, 4) is 6.07 Å². The van der Waals surface area contributed by atoms with Gasteiger partial charge in [-0.25, -0.2) is 4.98 Å². The average molecular weight is 150 g/mol. The molecule has 11 heavy (non-hydrogen) atoms. The molecule has 0 aliphatic carbocycles. The molecule has 3 nitrogen and oxygen atoms in total. The largest absolute Gasteiger partial charge is 0.447 e. The Morgan fingerprint density at radius 2 is 2.18 bits per heavy atom. The van der Waals surface area contributed by atoms with Crippen molar-refractivity contribution in [3.63, 3.8) is 0 Å². The van der Waals surface area contributed by atoms with Crippen molar-refractivity contribution in [3.05, 3.63) is 17.8 Å². The van der Waals surface area contributed by atoms with Gasteiger partial charge in [-0.1, -0.05) is 20.8 Å². The molecule has 1 heterocycles. The molecule has 0 aliphatic heterocycles. The summed E-state index contributed by atoms with van der Waals surface area (Å²) in [6.45, 7) is 5.96. The topological polar surface area (TPSA) is 49.8 Å². The van der Waals surface area contributed by atoms with Gasteiger partial charge < -0.3 is 4.42 Å². The number of nitriles is 1. The van der Waals surface area contributed by atoms with E-state index in [9.17, 15) is 0 Å². The predicted molar refractivity (Wildman–Crippen MR) is 39.9 cm³/mol. The highest BCUT2D eigenvalue weighted by Crippen LogP contribution is 2.20. The fourth-order valence-electron chi connectivity index (χ4n) is 0.670. The first-order valence-corrected chi connectivity index (χ1v) is 3.40. The van der Waals surface area contributed by atoms with E-state index in [1.54, 1.807) is 0 Å². The zero-order chi connectivity index (χ0) is 8.48. The average Bonchev–Trinajstić information content (AvgIpc) is 2.32. The molecule has 0 amide bonds. The molecular formula is C8H10N2O. The number of aromatic nitrogens is 1. The Morgan fingerprint density at radius 3 is 2.45 bits per heavy atom. The molecule has 0 N–H and O–H groups in total. The molecule has 0 saturated heterocycles. The lowest BCUT2D eigenvalue weighted by Crippen LogP contribution is -2.11. The molecule has 1 aromatic heterocycles. The Balaban J connectivity index is 3.01. The first kappa shape index (κ1) is 7.80. The number of oxazole rings is 1. The van der Waals surface area contributed by atoms with Gasteiger partial charge >= 0.3 is 0 Å². The zero-order valence-electron chi connectivity index (χ0n) is 6.88. The van der Waals surface area contributed by atoms with Crippen LogP contribution in [0.4, 0.5) is 0 Å². The highest BCUT2D eigenvalue weighted by molar-refractivity contribution is 5.16. The smallest absolute Gasteiger partial charge is 0.200 e. The van der Waals surface area contributed by atoms with Crippen molar-refractivity contribution < 1.29 is 4.42 Å². The maximum Gasteiger partial charge on any atom is 0.200 e. The van der Waals surface area contributed by atoms with E-state index < -0.39 is 0 Å². The summed E-state index contributed by atoms with van der Waals surface area (Å²) in [5, 5.41) is 8.44. The van der Waals surface area contributed by atoms with Gasteiger partial charge in [0.05, 0.1) is 0 Å². The number of nitrogens with zero attached hydrogens (tertiary/aromatic N) is 2. The molecule has 0 spiro atoms. The van der Waals surface area contributed by atoms with Gasteiger partial charge in [0.1, 0.15) is 12.3 Å².